The monoisotopic (exact) mass is 1180 g/mol. The molecule has 0 fully saturated rings. The van der Waals surface area contributed by atoms with Crippen molar-refractivity contribution in [2.45, 2.75) is 106 Å². The van der Waals surface area contributed by atoms with E-state index in [-0.39, 0.29) is 0 Å². The molecule has 0 atom stereocenters. The number of anilines is 12. The van der Waals surface area contributed by atoms with Crippen LogP contribution in [0.5, 0.6) is 11.5 Å². The van der Waals surface area contributed by atoms with E-state index in [0.717, 1.165) is 161 Å². The molecule has 0 aliphatic carbocycles. The van der Waals surface area contributed by atoms with E-state index in [2.05, 4.69) is 322 Å². The third-order valence-corrected chi connectivity index (χ3v) is 16.6. The second kappa shape index (κ2) is 30.4. The number of aryl methyl sites for hydroxylation is 4. The molecule has 0 amide bonds. The average molecular weight is 1180 g/mol. The van der Waals surface area contributed by atoms with Crippen LogP contribution in [0.15, 0.2) is 267 Å². The summed E-state index contributed by atoms with van der Waals surface area (Å²) in [7, 11) is 0. The number of hydrogen-bond acceptors (Lipinski definition) is 6. The van der Waals surface area contributed by atoms with Crippen molar-refractivity contribution in [2.75, 3.05) is 32.8 Å². The van der Waals surface area contributed by atoms with Crippen molar-refractivity contribution in [3.8, 4) is 33.8 Å². The van der Waals surface area contributed by atoms with Gasteiger partial charge >= 0.3 is 0 Å². The first-order valence-electron chi connectivity index (χ1n) is 32.7. The van der Waals surface area contributed by atoms with Crippen molar-refractivity contribution >= 4 is 68.2 Å². The van der Waals surface area contributed by atoms with Crippen molar-refractivity contribution in [3.05, 3.63) is 289 Å². The SMILES string of the molecule is CCCCOc1cc(OCCCC)cc(N(c2cccc(-c3ccc(N(c4cc(CCCC)cc(CCCC)c4)c4cccc(-c5cccc(N(c6ccccc6)c6ccc(C)cc6)c5)c4)cc3)c2)c2cccc(N(c3ccccc3)c3cccc(C)c3)c2)c1. The lowest BCUT2D eigenvalue weighted by atomic mass is 9.99. The smallest absolute Gasteiger partial charge is 0.125 e. The topological polar surface area (TPSA) is 31.4 Å². The Hall–Kier alpha value is -9.78. The maximum Gasteiger partial charge on any atom is 0.125 e. The largest absolute Gasteiger partial charge is 0.493 e. The molecule has 11 rings (SSSR count). The number of benzene rings is 11. The molecule has 0 unspecified atom stereocenters. The maximum atomic E-state index is 6.53. The fraction of sp³-hybridized carbons (Fsp3) is 0.214. The number of hydrogen-bond donors (Lipinski definition) is 0. The van der Waals surface area contributed by atoms with Gasteiger partial charge in [0.2, 0.25) is 0 Å². The first-order chi connectivity index (χ1) is 44.2. The molecular weight excluding hydrogens is 1100 g/mol. The van der Waals surface area contributed by atoms with E-state index in [1.807, 2.05) is 6.07 Å². The van der Waals surface area contributed by atoms with Gasteiger partial charge < -0.3 is 29.1 Å². The van der Waals surface area contributed by atoms with Gasteiger partial charge in [0.1, 0.15) is 11.5 Å². The molecule has 0 saturated carbocycles. The molecule has 0 saturated heterocycles. The van der Waals surface area contributed by atoms with Crippen molar-refractivity contribution < 1.29 is 9.47 Å². The van der Waals surface area contributed by atoms with Crippen LogP contribution in [0.25, 0.3) is 22.3 Å². The number of ether oxygens (including phenoxy) is 2. The van der Waals surface area contributed by atoms with E-state index >= 15 is 0 Å². The zero-order valence-electron chi connectivity index (χ0n) is 53.5. The highest BCUT2D eigenvalue weighted by molar-refractivity contribution is 5.87. The maximum absolute atomic E-state index is 6.53. The summed E-state index contributed by atoms with van der Waals surface area (Å²) in [6.07, 6.45) is 10.7. The van der Waals surface area contributed by atoms with Gasteiger partial charge in [0, 0.05) is 80.8 Å². The van der Waals surface area contributed by atoms with E-state index in [9.17, 15) is 0 Å². The lowest BCUT2D eigenvalue weighted by molar-refractivity contribution is 0.294. The van der Waals surface area contributed by atoms with Crippen molar-refractivity contribution in [1.82, 2.24) is 0 Å². The normalized spacial score (nSPS) is 11.1. The molecule has 6 nitrogen and oxygen atoms in total. The van der Waals surface area contributed by atoms with Crippen LogP contribution in [-0.2, 0) is 12.8 Å². The van der Waals surface area contributed by atoms with Crippen LogP contribution in [0.3, 0.4) is 0 Å². The van der Waals surface area contributed by atoms with Gasteiger partial charge in [0.15, 0.2) is 0 Å². The minimum absolute atomic E-state index is 0.627. The Morgan fingerprint density at radius 2 is 0.600 bits per heavy atom. The molecule has 0 heterocycles. The highest BCUT2D eigenvalue weighted by Gasteiger charge is 2.22. The standard InChI is InChI=1S/C84H86N4O2/c1-7-11-27-65-53-66(28-12-8-2)55-81(54-65)87(77-38-24-31-70(58-77)69-30-23-37-76(57-69)85(71-32-17-15-18-33-71)73-46-42-63(5)43-47-73)74-48-44-67(45-49-74)68-29-22-39-78(56-68)88(82-60-83(89-50-13-9-3)62-84(61-82)90-51-14-10-4)80-41-25-40-79(59-80)86(72-34-19-16-20-35-72)75-36-21-26-64(6)52-75/h15-26,29-49,52-62H,7-14,27-28,50-51H2,1-6H3. The van der Waals surface area contributed by atoms with Gasteiger partial charge in [-0.3, -0.25) is 0 Å². The van der Waals surface area contributed by atoms with Gasteiger partial charge in [0.25, 0.3) is 0 Å². The summed E-state index contributed by atoms with van der Waals surface area (Å²) in [6, 6.07) is 97.7. The van der Waals surface area contributed by atoms with E-state index in [0.29, 0.717) is 13.2 Å². The number of rotatable bonds is 28. The van der Waals surface area contributed by atoms with Crippen molar-refractivity contribution in [2.24, 2.45) is 0 Å². The zero-order chi connectivity index (χ0) is 62.0. The van der Waals surface area contributed by atoms with Gasteiger partial charge in [0.05, 0.1) is 18.9 Å². The molecule has 454 valence electrons. The van der Waals surface area contributed by atoms with E-state index in [1.165, 1.54) is 27.9 Å². The predicted molar refractivity (Wildman–Crippen MR) is 384 cm³/mol. The minimum atomic E-state index is 0.627. The molecular formula is C84H86N4O2. The first-order valence-corrected chi connectivity index (χ1v) is 32.7. The highest BCUT2D eigenvalue weighted by atomic mass is 16.5. The number of para-hydroxylation sites is 2. The quantitative estimate of drug-likeness (QED) is 0.0454. The molecule has 0 aliphatic heterocycles. The molecule has 0 spiro atoms. The number of unbranched alkanes of at least 4 members (excludes halogenated alkanes) is 4. The first kappa shape index (κ1) is 61.9. The summed E-state index contributed by atoms with van der Waals surface area (Å²) in [5.74, 6) is 1.58. The van der Waals surface area contributed by atoms with Crippen molar-refractivity contribution in [3.63, 3.8) is 0 Å². The molecule has 0 radical (unpaired) electrons. The Kier molecular flexibility index (Phi) is 20.9. The van der Waals surface area contributed by atoms with Gasteiger partial charge in [-0.2, -0.15) is 0 Å². The third kappa shape index (κ3) is 15.4. The molecule has 0 bridgehead atoms. The second-order valence-corrected chi connectivity index (χ2v) is 23.7. The predicted octanol–water partition coefficient (Wildman–Crippen LogP) is 24.6. The molecule has 6 heteroatoms. The number of nitrogens with zero attached hydrogens (tertiary/aromatic N) is 4. The van der Waals surface area contributed by atoms with Crippen LogP contribution in [0.4, 0.5) is 68.2 Å². The molecule has 0 N–H and O–H groups in total. The van der Waals surface area contributed by atoms with Crippen molar-refractivity contribution in [1.29, 1.82) is 0 Å². The summed E-state index contributed by atoms with van der Waals surface area (Å²) in [6.45, 7) is 14.5. The lowest BCUT2D eigenvalue weighted by Crippen LogP contribution is -2.14. The Labute approximate surface area is 536 Å². The Morgan fingerprint density at radius 1 is 0.244 bits per heavy atom. The van der Waals surface area contributed by atoms with E-state index < -0.39 is 0 Å². The van der Waals surface area contributed by atoms with Crippen LogP contribution in [0.2, 0.25) is 0 Å². The summed E-state index contributed by atoms with van der Waals surface area (Å²) >= 11 is 0. The van der Waals surface area contributed by atoms with Crippen LogP contribution in [0.1, 0.15) is 101 Å². The summed E-state index contributed by atoms with van der Waals surface area (Å²) in [4.78, 5) is 9.52. The minimum Gasteiger partial charge on any atom is -0.493 e. The fourth-order valence-electron chi connectivity index (χ4n) is 11.9. The van der Waals surface area contributed by atoms with Gasteiger partial charge in [-0.05, 0) is 219 Å². The van der Waals surface area contributed by atoms with Gasteiger partial charge in [-0.15, -0.1) is 0 Å². The van der Waals surface area contributed by atoms with E-state index in [4.69, 9.17) is 9.47 Å². The Morgan fingerprint density at radius 3 is 1.07 bits per heavy atom. The van der Waals surface area contributed by atoms with E-state index in [1.54, 1.807) is 0 Å². The summed E-state index contributed by atoms with van der Waals surface area (Å²) < 4.78 is 13.1. The molecule has 11 aromatic rings. The Bertz CT molecular complexity index is 4010. The molecule has 0 aliphatic rings. The highest BCUT2D eigenvalue weighted by Crippen LogP contribution is 2.45. The molecule has 0 aromatic heterocycles. The van der Waals surface area contributed by atoms with Gasteiger partial charge in [-0.1, -0.05) is 180 Å². The van der Waals surface area contributed by atoms with Gasteiger partial charge in [-0.25, -0.2) is 0 Å². The summed E-state index contributed by atoms with van der Waals surface area (Å²) in [5.41, 5.74) is 22.6. The zero-order valence-corrected chi connectivity index (χ0v) is 53.5. The second-order valence-electron chi connectivity index (χ2n) is 23.7. The fourth-order valence-corrected chi connectivity index (χ4v) is 11.9. The van der Waals surface area contributed by atoms with Crippen LogP contribution < -0.4 is 29.1 Å². The summed E-state index contributed by atoms with van der Waals surface area (Å²) in [5, 5.41) is 0. The Balaban J connectivity index is 1.01. The lowest BCUT2D eigenvalue weighted by Gasteiger charge is -2.30. The third-order valence-electron chi connectivity index (χ3n) is 16.6. The average Bonchev–Trinajstić information content (AvgIpc) is 1.04. The van der Waals surface area contributed by atoms with Crippen LogP contribution in [0, 0.1) is 13.8 Å². The van der Waals surface area contributed by atoms with Crippen LogP contribution >= 0.6 is 0 Å². The van der Waals surface area contributed by atoms with Crippen LogP contribution in [-0.4, -0.2) is 13.2 Å². The molecule has 90 heavy (non-hydrogen) atoms. The molecule has 11 aromatic carbocycles.